The molecule has 0 aliphatic carbocycles. The van der Waals surface area contributed by atoms with Gasteiger partial charge in [0.05, 0.1) is 5.56 Å². The molecule has 166 valence electrons. The minimum atomic E-state index is -0.709. The highest BCUT2D eigenvalue weighted by Crippen LogP contribution is 2.28. The number of hydrogen-bond acceptors (Lipinski definition) is 5. The fourth-order valence-corrected chi connectivity index (χ4v) is 3.44. The second-order valence-electron chi connectivity index (χ2n) is 7.83. The van der Waals surface area contributed by atoms with E-state index >= 15 is 0 Å². The number of pyridine rings is 1. The molecule has 0 saturated heterocycles. The Labute approximate surface area is 188 Å². The number of amides is 2. The summed E-state index contributed by atoms with van der Waals surface area (Å²) in [6, 6.07) is 16.6. The van der Waals surface area contributed by atoms with E-state index in [1.54, 1.807) is 12.3 Å². The van der Waals surface area contributed by atoms with Gasteiger partial charge in [-0.1, -0.05) is 36.4 Å². The molecule has 1 atom stereocenters. The van der Waals surface area contributed by atoms with Crippen molar-refractivity contribution in [1.29, 1.82) is 0 Å². The molecular formula is C25H28N4O3. The third kappa shape index (κ3) is 5.31. The third-order valence-electron chi connectivity index (χ3n) is 4.96. The lowest BCUT2D eigenvalue weighted by atomic mass is 9.99. The highest BCUT2D eigenvalue weighted by atomic mass is 16.5. The molecule has 0 bridgehead atoms. The minimum absolute atomic E-state index is 0.0120. The fourth-order valence-electron chi connectivity index (χ4n) is 3.44. The number of aromatic nitrogens is 1. The van der Waals surface area contributed by atoms with E-state index in [0.29, 0.717) is 11.3 Å². The molecule has 1 heterocycles. The molecule has 0 aliphatic heterocycles. The Bertz CT molecular complexity index is 1110. The zero-order valence-electron chi connectivity index (χ0n) is 18.7. The Morgan fingerprint density at radius 2 is 1.78 bits per heavy atom. The standard InChI is InChI=1S/C25H28N4O3/c1-15(2)28-24(30)21-13-18(14-27-23(21)26)20-11-10-19(12-16(20)3)29-25(31)22(32-4)17-8-6-5-7-9-17/h5-15,22H,1-4H3,(H2,26,27)(H,28,30)(H,29,31). The van der Waals surface area contributed by atoms with Crippen LogP contribution < -0.4 is 16.4 Å². The predicted octanol–water partition coefficient (Wildman–Crippen LogP) is 4.10. The number of nitrogens with zero attached hydrogens (tertiary/aromatic N) is 1. The van der Waals surface area contributed by atoms with Gasteiger partial charge in [0, 0.05) is 30.6 Å². The molecule has 7 nitrogen and oxygen atoms in total. The summed E-state index contributed by atoms with van der Waals surface area (Å²) in [6.07, 6.45) is 0.929. The number of nitrogen functional groups attached to an aromatic ring is 1. The lowest BCUT2D eigenvalue weighted by Gasteiger charge is -2.17. The summed E-state index contributed by atoms with van der Waals surface area (Å²) in [6.45, 7) is 5.70. The van der Waals surface area contributed by atoms with Crippen molar-refractivity contribution in [3.05, 3.63) is 77.5 Å². The van der Waals surface area contributed by atoms with Gasteiger partial charge in [-0.25, -0.2) is 4.98 Å². The molecular weight excluding hydrogens is 404 g/mol. The summed E-state index contributed by atoms with van der Waals surface area (Å²) >= 11 is 0. The molecule has 1 unspecified atom stereocenters. The molecule has 0 aliphatic rings. The number of rotatable bonds is 7. The van der Waals surface area contributed by atoms with Crippen molar-refractivity contribution in [3.8, 4) is 11.1 Å². The first-order valence-electron chi connectivity index (χ1n) is 10.4. The summed E-state index contributed by atoms with van der Waals surface area (Å²) in [5.41, 5.74) is 10.2. The summed E-state index contributed by atoms with van der Waals surface area (Å²) < 4.78 is 5.40. The lowest BCUT2D eigenvalue weighted by Crippen LogP contribution is -2.30. The zero-order valence-corrected chi connectivity index (χ0v) is 18.7. The van der Waals surface area contributed by atoms with Gasteiger partial charge < -0.3 is 21.1 Å². The van der Waals surface area contributed by atoms with Crippen LogP contribution >= 0.6 is 0 Å². The molecule has 2 amide bonds. The highest BCUT2D eigenvalue weighted by Gasteiger charge is 2.20. The van der Waals surface area contributed by atoms with Crippen LogP contribution in [0.15, 0.2) is 60.8 Å². The van der Waals surface area contributed by atoms with Gasteiger partial charge in [0.15, 0.2) is 6.10 Å². The summed E-state index contributed by atoms with van der Waals surface area (Å²) in [5, 5.41) is 5.74. The number of methoxy groups -OCH3 is 1. The Balaban J connectivity index is 1.82. The van der Waals surface area contributed by atoms with Crippen molar-refractivity contribution >= 4 is 23.3 Å². The maximum absolute atomic E-state index is 12.8. The van der Waals surface area contributed by atoms with Gasteiger partial charge in [-0.3, -0.25) is 9.59 Å². The van der Waals surface area contributed by atoms with Crippen molar-refractivity contribution in [2.24, 2.45) is 0 Å². The molecule has 7 heteroatoms. The first-order chi connectivity index (χ1) is 15.3. The number of nitrogens with two attached hydrogens (primary N) is 1. The van der Waals surface area contributed by atoms with E-state index in [1.165, 1.54) is 7.11 Å². The number of anilines is 2. The van der Waals surface area contributed by atoms with E-state index < -0.39 is 6.10 Å². The van der Waals surface area contributed by atoms with Gasteiger partial charge in [-0.05, 0) is 55.7 Å². The van der Waals surface area contributed by atoms with Gasteiger partial charge in [-0.2, -0.15) is 0 Å². The SMILES string of the molecule is COC(C(=O)Nc1ccc(-c2cnc(N)c(C(=O)NC(C)C)c2)c(C)c1)c1ccccc1. The molecule has 0 saturated carbocycles. The molecule has 1 aromatic heterocycles. The van der Waals surface area contributed by atoms with Crippen LogP contribution in [-0.2, 0) is 9.53 Å². The molecule has 0 fully saturated rings. The Kier molecular flexibility index (Phi) is 7.22. The maximum Gasteiger partial charge on any atom is 0.258 e. The average molecular weight is 433 g/mol. The van der Waals surface area contributed by atoms with E-state index in [4.69, 9.17) is 10.5 Å². The monoisotopic (exact) mass is 432 g/mol. The van der Waals surface area contributed by atoms with E-state index in [9.17, 15) is 9.59 Å². The van der Waals surface area contributed by atoms with Gasteiger partial charge in [-0.15, -0.1) is 0 Å². The number of carbonyl (C=O) groups is 2. The van der Waals surface area contributed by atoms with Crippen LogP contribution in [0.25, 0.3) is 11.1 Å². The lowest BCUT2D eigenvalue weighted by molar-refractivity contribution is -0.126. The molecule has 4 N–H and O–H groups in total. The molecule has 32 heavy (non-hydrogen) atoms. The van der Waals surface area contributed by atoms with Crippen LogP contribution in [0.2, 0.25) is 0 Å². The number of hydrogen-bond donors (Lipinski definition) is 3. The first-order valence-corrected chi connectivity index (χ1v) is 10.4. The highest BCUT2D eigenvalue weighted by molar-refractivity contribution is 6.00. The van der Waals surface area contributed by atoms with E-state index in [1.807, 2.05) is 69.3 Å². The largest absolute Gasteiger partial charge is 0.383 e. The molecule has 0 spiro atoms. The van der Waals surface area contributed by atoms with Crippen molar-refractivity contribution in [1.82, 2.24) is 10.3 Å². The van der Waals surface area contributed by atoms with E-state index in [-0.39, 0.29) is 23.7 Å². The first kappa shape index (κ1) is 23.0. The Hall–Kier alpha value is -3.71. The third-order valence-corrected chi connectivity index (χ3v) is 4.96. The van der Waals surface area contributed by atoms with Crippen molar-refractivity contribution in [2.75, 3.05) is 18.2 Å². The average Bonchev–Trinajstić information content (AvgIpc) is 2.75. The minimum Gasteiger partial charge on any atom is -0.383 e. The van der Waals surface area contributed by atoms with Crippen molar-refractivity contribution in [3.63, 3.8) is 0 Å². The van der Waals surface area contributed by atoms with Crippen molar-refractivity contribution < 1.29 is 14.3 Å². The van der Waals surface area contributed by atoms with Crippen LogP contribution in [-0.4, -0.2) is 29.9 Å². The summed E-state index contributed by atoms with van der Waals surface area (Å²) in [7, 11) is 1.51. The normalized spacial score (nSPS) is 11.8. The smallest absolute Gasteiger partial charge is 0.258 e. The van der Waals surface area contributed by atoms with Crippen LogP contribution in [0.4, 0.5) is 11.5 Å². The Morgan fingerprint density at radius 1 is 1.06 bits per heavy atom. The second-order valence-corrected chi connectivity index (χ2v) is 7.83. The summed E-state index contributed by atoms with van der Waals surface area (Å²) in [4.78, 5) is 29.4. The number of benzene rings is 2. The zero-order chi connectivity index (χ0) is 23.3. The maximum atomic E-state index is 12.8. The van der Waals surface area contributed by atoms with E-state index in [2.05, 4.69) is 15.6 Å². The van der Waals surface area contributed by atoms with Gasteiger partial charge in [0.25, 0.3) is 11.8 Å². The topological polar surface area (TPSA) is 106 Å². The summed E-state index contributed by atoms with van der Waals surface area (Å²) in [5.74, 6) is -0.340. The molecule has 3 aromatic rings. The van der Waals surface area contributed by atoms with Crippen LogP contribution in [0.5, 0.6) is 0 Å². The van der Waals surface area contributed by atoms with Gasteiger partial charge in [0.1, 0.15) is 5.82 Å². The van der Waals surface area contributed by atoms with Gasteiger partial charge in [0.2, 0.25) is 0 Å². The fraction of sp³-hybridized carbons (Fsp3) is 0.240. The quantitative estimate of drug-likeness (QED) is 0.521. The number of ether oxygens (including phenoxy) is 1. The molecule has 3 rings (SSSR count). The number of aryl methyl sites for hydroxylation is 1. The molecule has 2 aromatic carbocycles. The van der Waals surface area contributed by atoms with Crippen LogP contribution in [0, 0.1) is 6.92 Å². The molecule has 0 radical (unpaired) electrons. The van der Waals surface area contributed by atoms with Crippen LogP contribution in [0.1, 0.15) is 41.4 Å². The van der Waals surface area contributed by atoms with Gasteiger partial charge >= 0.3 is 0 Å². The second kappa shape index (κ2) is 10.1. The predicted molar refractivity (Wildman–Crippen MR) is 126 cm³/mol. The van der Waals surface area contributed by atoms with Crippen LogP contribution in [0.3, 0.4) is 0 Å². The van der Waals surface area contributed by atoms with E-state index in [0.717, 1.165) is 22.3 Å². The van der Waals surface area contributed by atoms with Crippen molar-refractivity contribution in [2.45, 2.75) is 32.9 Å². The number of nitrogens with one attached hydrogen (secondary N) is 2. The Morgan fingerprint density at radius 3 is 2.41 bits per heavy atom. The number of carbonyl (C=O) groups excluding carboxylic acids is 2.